The van der Waals surface area contributed by atoms with Crippen molar-refractivity contribution in [3.63, 3.8) is 0 Å². The summed E-state index contributed by atoms with van der Waals surface area (Å²) in [6.07, 6.45) is 0. The summed E-state index contributed by atoms with van der Waals surface area (Å²) in [6.45, 7) is 4.03. The van der Waals surface area contributed by atoms with Gasteiger partial charge >= 0.3 is 0 Å². The number of aromatic nitrogens is 2. The molecule has 4 aromatic rings. The standard InChI is InChI=1S/C27H25N3O2/c1-19-9-11-21(12-10-19)20(2)28-18-27(31)26-17-25(22-13-15-24(32-3)16-14-22)29-30(26)23-7-5-4-6-8-23/h4-17H,18H2,1-3H3. The molecule has 5 nitrogen and oxygen atoms in total. The Hall–Kier alpha value is -3.99. The highest BCUT2D eigenvalue weighted by Gasteiger charge is 2.17. The van der Waals surface area contributed by atoms with Gasteiger partial charge in [-0.05, 0) is 61.9 Å². The van der Waals surface area contributed by atoms with Gasteiger partial charge in [-0.3, -0.25) is 9.79 Å². The van der Waals surface area contributed by atoms with Crippen molar-refractivity contribution in [2.75, 3.05) is 13.7 Å². The number of carbonyl (C=O) groups excluding carboxylic acids is 1. The van der Waals surface area contributed by atoms with Crippen LogP contribution >= 0.6 is 0 Å². The van der Waals surface area contributed by atoms with E-state index in [4.69, 9.17) is 9.84 Å². The maximum Gasteiger partial charge on any atom is 0.202 e. The summed E-state index contributed by atoms with van der Waals surface area (Å²) in [5.41, 5.74) is 6.00. The zero-order valence-electron chi connectivity index (χ0n) is 18.4. The average Bonchev–Trinajstić information content (AvgIpc) is 3.29. The molecule has 0 bridgehead atoms. The molecule has 160 valence electrons. The lowest BCUT2D eigenvalue weighted by Gasteiger charge is -2.06. The molecular weight excluding hydrogens is 398 g/mol. The molecule has 0 fully saturated rings. The summed E-state index contributed by atoms with van der Waals surface area (Å²) in [5.74, 6) is 0.682. The van der Waals surface area contributed by atoms with E-state index >= 15 is 0 Å². The summed E-state index contributed by atoms with van der Waals surface area (Å²) in [7, 11) is 1.63. The fourth-order valence-corrected chi connectivity index (χ4v) is 3.41. The molecule has 0 spiro atoms. The van der Waals surface area contributed by atoms with Crippen molar-refractivity contribution < 1.29 is 9.53 Å². The Labute approximate surface area is 188 Å². The van der Waals surface area contributed by atoms with Crippen LogP contribution < -0.4 is 4.74 Å². The van der Waals surface area contributed by atoms with Crippen LogP contribution in [0.3, 0.4) is 0 Å². The van der Waals surface area contributed by atoms with Gasteiger partial charge in [0.2, 0.25) is 5.78 Å². The minimum atomic E-state index is -0.0902. The molecular formula is C27H25N3O2. The van der Waals surface area contributed by atoms with Gasteiger partial charge in [0.15, 0.2) is 0 Å². The van der Waals surface area contributed by atoms with Gasteiger partial charge in [0.05, 0.1) is 18.5 Å². The van der Waals surface area contributed by atoms with Crippen LogP contribution in [0, 0.1) is 6.92 Å². The molecule has 0 aliphatic rings. The first-order chi connectivity index (χ1) is 15.5. The van der Waals surface area contributed by atoms with Crippen molar-refractivity contribution in [1.82, 2.24) is 9.78 Å². The third-order valence-electron chi connectivity index (χ3n) is 5.31. The zero-order valence-corrected chi connectivity index (χ0v) is 18.4. The first-order valence-electron chi connectivity index (χ1n) is 10.5. The highest BCUT2D eigenvalue weighted by atomic mass is 16.5. The van der Waals surface area contributed by atoms with Gasteiger partial charge in [0, 0.05) is 11.3 Å². The SMILES string of the molecule is COc1ccc(-c2cc(C(=O)CN=C(C)c3ccc(C)cc3)n(-c3ccccc3)n2)cc1. The lowest BCUT2D eigenvalue weighted by atomic mass is 10.1. The van der Waals surface area contributed by atoms with E-state index in [0.29, 0.717) is 5.69 Å². The lowest BCUT2D eigenvalue weighted by molar-refractivity contribution is 0.0994. The van der Waals surface area contributed by atoms with Crippen LogP contribution in [0.4, 0.5) is 0 Å². The Balaban J connectivity index is 1.66. The molecule has 4 rings (SSSR count). The van der Waals surface area contributed by atoms with E-state index in [1.165, 1.54) is 5.56 Å². The number of ketones is 1. The second kappa shape index (κ2) is 9.43. The molecule has 0 N–H and O–H groups in total. The van der Waals surface area contributed by atoms with Crippen molar-refractivity contribution in [1.29, 1.82) is 0 Å². The van der Waals surface area contributed by atoms with E-state index < -0.39 is 0 Å². The van der Waals surface area contributed by atoms with Crippen LogP contribution in [-0.4, -0.2) is 34.9 Å². The molecule has 0 radical (unpaired) electrons. The van der Waals surface area contributed by atoms with Gasteiger partial charge in [0.1, 0.15) is 18.0 Å². The second-order valence-corrected chi connectivity index (χ2v) is 7.58. The Morgan fingerprint density at radius 1 is 0.969 bits per heavy atom. The molecule has 0 saturated heterocycles. The van der Waals surface area contributed by atoms with E-state index in [1.807, 2.05) is 98.8 Å². The number of Topliss-reactive ketones (excluding diaryl/α,β-unsaturated/α-hetero) is 1. The molecule has 0 saturated carbocycles. The summed E-state index contributed by atoms with van der Waals surface area (Å²) in [4.78, 5) is 17.7. The fourth-order valence-electron chi connectivity index (χ4n) is 3.41. The average molecular weight is 424 g/mol. The highest BCUT2D eigenvalue weighted by molar-refractivity contribution is 6.02. The quantitative estimate of drug-likeness (QED) is 0.289. The summed E-state index contributed by atoms with van der Waals surface area (Å²) < 4.78 is 6.94. The number of aryl methyl sites for hydroxylation is 1. The first kappa shape index (κ1) is 21.2. The smallest absolute Gasteiger partial charge is 0.202 e. The fraction of sp³-hybridized carbons (Fsp3) is 0.148. The second-order valence-electron chi connectivity index (χ2n) is 7.58. The zero-order chi connectivity index (χ0) is 22.5. The van der Waals surface area contributed by atoms with Gasteiger partial charge in [0.25, 0.3) is 0 Å². The molecule has 0 aliphatic heterocycles. The lowest BCUT2D eigenvalue weighted by Crippen LogP contribution is -2.12. The summed E-state index contributed by atoms with van der Waals surface area (Å²) in [5, 5.41) is 4.73. The number of hydrogen-bond donors (Lipinski definition) is 0. The topological polar surface area (TPSA) is 56.5 Å². The van der Waals surface area contributed by atoms with E-state index in [2.05, 4.69) is 4.99 Å². The van der Waals surface area contributed by atoms with Crippen molar-refractivity contribution in [3.05, 3.63) is 102 Å². The third-order valence-corrected chi connectivity index (χ3v) is 5.31. The molecule has 0 atom stereocenters. The van der Waals surface area contributed by atoms with Crippen LogP contribution in [0.15, 0.2) is 89.9 Å². The normalized spacial score (nSPS) is 11.4. The number of hydrogen-bond acceptors (Lipinski definition) is 4. The number of benzene rings is 3. The molecule has 3 aromatic carbocycles. The Kier molecular flexibility index (Phi) is 6.26. The Morgan fingerprint density at radius 3 is 2.31 bits per heavy atom. The maximum absolute atomic E-state index is 13.2. The number of nitrogens with zero attached hydrogens (tertiary/aromatic N) is 3. The maximum atomic E-state index is 13.2. The van der Waals surface area contributed by atoms with Crippen molar-refractivity contribution in [2.24, 2.45) is 4.99 Å². The van der Waals surface area contributed by atoms with Gasteiger partial charge in [-0.1, -0.05) is 48.0 Å². The van der Waals surface area contributed by atoms with Gasteiger partial charge < -0.3 is 4.74 Å². The molecule has 0 unspecified atom stereocenters. The van der Waals surface area contributed by atoms with E-state index in [9.17, 15) is 4.79 Å². The number of rotatable bonds is 7. The first-order valence-corrected chi connectivity index (χ1v) is 10.5. The monoisotopic (exact) mass is 423 g/mol. The van der Waals surface area contributed by atoms with E-state index in [-0.39, 0.29) is 12.3 Å². The van der Waals surface area contributed by atoms with Crippen LogP contribution in [0.1, 0.15) is 28.5 Å². The van der Waals surface area contributed by atoms with Crippen LogP contribution in [0.25, 0.3) is 16.9 Å². The van der Waals surface area contributed by atoms with Gasteiger partial charge in [-0.2, -0.15) is 5.10 Å². The highest BCUT2D eigenvalue weighted by Crippen LogP contribution is 2.24. The molecule has 5 heteroatoms. The largest absolute Gasteiger partial charge is 0.497 e. The predicted molar refractivity (Wildman–Crippen MR) is 128 cm³/mol. The number of para-hydroxylation sites is 1. The van der Waals surface area contributed by atoms with Gasteiger partial charge in [-0.15, -0.1) is 0 Å². The van der Waals surface area contributed by atoms with Crippen molar-refractivity contribution >= 4 is 11.5 Å². The van der Waals surface area contributed by atoms with E-state index in [1.54, 1.807) is 11.8 Å². The molecule has 0 amide bonds. The summed E-state index contributed by atoms with van der Waals surface area (Å²) in [6, 6.07) is 27.3. The van der Waals surface area contributed by atoms with Crippen molar-refractivity contribution in [2.45, 2.75) is 13.8 Å². The number of ether oxygens (including phenoxy) is 1. The van der Waals surface area contributed by atoms with E-state index in [0.717, 1.165) is 34.0 Å². The van der Waals surface area contributed by atoms with Crippen LogP contribution in [-0.2, 0) is 0 Å². The minimum absolute atomic E-state index is 0.0558. The van der Waals surface area contributed by atoms with Crippen LogP contribution in [0.2, 0.25) is 0 Å². The summed E-state index contributed by atoms with van der Waals surface area (Å²) >= 11 is 0. The number of carbonyl (C=O) groups is 1. The molecule has 32 heavy (non-hydrogen) atoms. The molecule has 1 heterocycles. The number of aliphatic imine (C=N–C) groups is 1. The Morgan fingerprint density at radius 2 is 1.66 bits per heavy atom. The van der Waals surface area contributed by atoms with Crippen LogP contribution in [0.5, 0.6) is 5.75 Å². The molecule has 1 aromatic heterocycles. The predicted octanol–water partition coefficient (Wildman–Crippen LogP) is 5.55. The van der Waals surface area contributed by atoms with Gasteiger partial charge in [-0.25, -0.2) is 4.68 Å². The Bertz CT molecular complexity index is 1240. The third kappa shape index (κ3) is 4.67. The number of methoxy groups -OCH3 is 1. The van der Waals surface area contributed by atoms with Crippen molar-refractivity contribution in [3.8, 4) is 22.7 Å². The molecule has 0 aliphatic carbocycles. The minimum Gasteiger partial charge on any atom is -0.497 e.